The molecular formula is C28H32F3N3O5. The maximum absolute atomic E-state index is 13.0. The monoisotopic (exact) mass is 547 g/mol. The normalized spacial score (nSPS) is 13.3. The number of unbranched alkanes of at least 4 members (excludes halogenated alkanes) is 2. The molecule has 1 aromatic heterocycles. The van der Waals surface area contributed by atoms with Gasteiger partial charge >= 0.3 is 12.1 Å². The van der Waals surface area contributed by atoms with Crippen LogP contribution in [-0.4, -0.2) is 54.0 Å². The molecule has 210 valence electrons. The Kier molecular flexibility index (Phi) is 10.2. The van der Waals surface area contributed by atoms with Crippen molar-refractivity contribution in [3.63, 3.8) is 0 Å². The molecule has 0 radical (unpaired) electrons. The van der Waals surface area contributed by atoms with E-state index < -0.39 is 30.3 Å². The number of alkyl halides is 3. The summed E-state index contributed by atoms with van der Waals surface area (Å²) in [5.74, 6) is -2.64. The number of rotatable bonds is 13. The zero-order valence-corrected chi connectivity index (χ0v) is 22.1. The summed E-state index contributed by atoms with van der Waals surface area (Å²) < 4.78 is 48.7. The largest absolute Gasteiger partial charge is 0.490 e. The Hall–Kier alpha value is -3.73. The number of nitrogens with one attached hydrogen (secondary N) is 1. The first-order valence-electron chi connectivity index (χ1n) is 12.7. The van der Waals surface area contributed by atoms with E-state index in [9.17, 15) is 27.6 Å². The topological polar surface area (TPSA) is 102 Å². The second kappa shape index (κ2) is 13.4. The fourth-order valence-corrected chi connectivity index (χ4v) is 4.01. The van der Waals surface area contributed by atoms with Gasteiger partial charge in [0.1, 0.15) is 11.8 Å². The molecule has 0 fully saturated rings. The Labute approximate surface area is 224 Å². The lowest BCUT2D eigenvalue weighted by atomic mass is 10.0. The number of Topliss-reactive ketones (excluding diaryl/α,β-unsaturated/α-hetero) is 1. The second-order valence-corrected chi connectivity index (χ2v) is 9.40. The molecule has 2 atom stereocenters. The van der Waals surface area contributed by atoms with Crippen LogP contribution in [0.5, 0.6) is 0 Å². The lowest BCUT2D eigenvalue weighted by Gasteiger charge is -2.25. The molecule has 0 aliphatic heterocycles. The van der Waals surface area contributed by atoms with Crippen LogP contribution in [0, 0.1) is 0 Å². The van der Waals surface area contributed by atoms with E-state index in [1.807, 2.05) is 42.5 Å². The number of oxazole rings is 1. The molecule has 1 N–H and O–H groups in total. The van der Waals surface area contributed by atoms with Crippen LogP contribution in [0.3, 0.4) is 0 Å². The van der Waals surface area contributed by atoms with E-state index in [-0.39, 0.29) is 11.7 Å². The zero-order valence-electron chi connectivity index (χ0n) is 22.1. The van der Waals surface area contributed by atoms with Crippen molar-refractivity contribution < 1.29 is 36.7 Å². The highest BCUT2D eigenvalue weighted by Gasteiger charge is 2.44. The SMILES string of the molecule is CCC(=O)CCCCC[C@H](NC(=O)C(OC(=O)C(F)(F)F)N(C)C)c1ncc(-c2ccc3ccccc3c2)o1. The van der Waals surface area contributed by atoms with Crippen LogP contribution in [0.15, 0.2) is 53.1 Å². The number of carbonyl (C=O) groups excluding carboxylic acids is 3. The molecule has 0 bridgehead atoms. The van der Waals surface area contributed by atoms with E-state index in [1.54, 1.807) is 6.92 Å². The molecule has 1 unspecified atom stereocenters. The number of ketones is 1. The van der Waals surface area contributed by atoms with Gasteiger partial charge in [0, 0.05) is 18.4 Å². The van der Waals surface area contributed by atoms with Crippen molar-refractivity contribution in [2.24, 2.45) is 0 Å². The van der Waals surface area contributed by atoms with E-state index in [4.69, 9.17) is 4.42 Å². The summed E-state index contributed by atoms with van der Waals surface area (Å²) in [6.45, 7) is 1.80. The Balaban J connectivity index is 1.79. The van der Waals surface area contributed by atoms with Gasteiger partial charge in [0.05, 0.1) is 6.20 Å². The van der Waals surface area contributed by atoms with E-state index in [1.165, 1.54) is 20.3 Å². The first-order chi connectivity index (χ1) is 18.5. The Morgan fingerprint density at radius 2 is 1.77 bits per heavy atom. The molecule has 2 aromatic carbocycles. The third-order valence-electron chi connectivity index (χ3n) is 6.16. The highest BCUT2D eigenvalue weighted by Crippen LogP contribution is 2.29. The summed E-state index contributed by atoms with van der Waals surface area (Å²) in [6, 6.07) is 12.8. The van der Waals surface area contributed by atoms with Crippen molar-refractivity contribution in [3.8, 4) is 11.3 Å². The van der Waals surface area contributed by atoms with Gasteiger partial charge in [-0.1, -0.05) is 56.2 Å². The highest BCUT2D eigenvalue weighted by atomic mass is 19.4. The van der Waals surface area contributed by atoms with Gasteiger partial charge in [0.25, 0.3) is 5.91 Å². The smallest absolute Gasteiger partial charge is 0.438 e. The Morgan fingerprint density at radius 1 is 1.05 bits per heavy atom. The molecular weight excluding hydrogens is 515 g/mol. The average Bonchev–Trinajstić information content (AvgIpc) is 3.39. The molecule has 8 nitrogen and oxygen atoms in total. The van der Waals surface area contributed by atoms with Gasteiger partial charge in [-0.2, -0.15) is 13.2 Å². The number of esters is 1. The number of fused-ring (bicyclic) bond motifs is 1. The lowest BCUT2D eigenvalue weighted by Crippen LogP contribution is -2.49. The summed E-state index contributed by atoms with van der Waals surface area (Å²) in [4.78, 5) is 41.3. The van der Waals surface area contributed by atoms with Gasteiger partial charge in [-0.15, -0.1) is 0 Å². The molecule has 3 aromatic rings. The number of carbonyl (C=O) groups is 3. The minimum absolute atomic E-state index is 0.160. The van der Waals surface area contributed by atoms with Gasteiger partial charge in [0.2, 0.25) is 12.1 Å². The summed E-state index contributed by atoms with van der Waals surface area (Å²) in [7, 11) is 2.63. The number of hydrogen-bond donors (Lipinski definition) is 1. The fraction of sp³-hybridized carbons (Fsp3) is 0.429. The molecule has 39 heavy (non-hydrogen) atoms. The molecule has 1 amide bonds. The molecule has 3 rings (SSSR count). The summed E-state index contributed by atoms with van der Waals surface area (Å²) in [5, 5.41) is 4.68. The van der Waals surface area contributed by atoms with Crippen molar-refractivity contribution >= 4 is 28.4 Å². The predicted molar refractivity (Wildman–Crippen MR) is 138 cm³/mol. The first kappa shape index (κ1) is 29.8. The molecule has 11 heteroatoms. The second-order valence-electron chi connectivity index (χ2n) is 9.40. The number of aromatic nitrogens is 1. The maximum atomic E-state index is 13.0. The summed E-state index contributed by atoms with van der Waals surface area (Å²) in [5.41, 5.74) is 0.765. The molecule has 1 heterocycles. The van der Waals surface area contributed by atoms with Gasteiger partial charge in [-0.3, -0.25) is 14.5 Å². The number of amides is 1. The van der Waals surface area contributed by atoms with Crippen LogP contribution >= 0.6 is 0 Å². The number of nitrogens with zero attached hydrogens (tertiary/aromatic N) is 2. The van der Waals surface area contributed by atoms with Crippen LogP contribution < -0.4 is 5.32 Å². The van der Waals surface area contributed by atoms with Crippen LogP contribution in [0.1, 0.15) is 57.4 Å². The highest BCUT2D eigenvalue weighted by molar-refractivity contribution is 5.87. The first-order valence-corrected chi connectivity index (χ1v) is 12.7. The maximum Gasteiger partial charge on any atom is 0.490 e. The van der Waals surface area contributed by atoms with Crippen LogP contribution in [0.2, 0.25) is 0 Å². The standard InChI is InChI=1S/C28H32F3N3O5/c1-4-21(35)12-6-5-7-13-22(33-24(36)26(34(2)3)39-27(37)28(29,30)31)25-32-17-23(38-25)20-15-14-18-10-8-9-11-19(18)16-20/h8-11,14-17,22,26H,4-7,12-13H2,1-3H3,(H,33,36)/t22-,26?/m0/s1. The molecule has 0 spiro atoms. The average molecular weight is 548 g/mol. The van der Waals surface area contributed by atoms with Crippen molar-refractivity contribution in [1.29, 1.82) is 0 Å². The quantitative estimate of drug-likeness (QED) is 0.169. The minimum Gasteiger partial charge on any atom is -0.438 e. The van der Waals surface area contributed by atoms with Gasteiger partial charge in [0.15, 0.2) is 5.76 Å². The van der Waals surface area contributed by atoms with E-state index in [0.29, 0.717) is 44.3 Å². The van der Waals surface area contributed by atoms with Crippen molar-refractivity contribution in [3.05, 3.63) is 54.6 Å². The van der Waals surface area contributed by atoms with Crippen molar-refractivity contribution in [1.82, 2.24) is 15.2 Å². The van der Waals surface area contributed by atoms with Gasteiger partial charge in [-0.25, -0.2) is 9.78 Å². The van der Waals surface area contributed by atoms with E-state index >= 15 is 0 Å². The zero-order chi connectivity index (χ0) is 28.6. The van der Waals surface area contributed by atoms with Gasteiger partial charge < -0.3 is 14.5 Å². The number of hydrogen-bond acceptors (Lipinski definition) is 7. The predicted octanol–water partition coefficient (Wildman–Crippen LogP) is 5.57. The van der Waals surface area contributed by atoms with Crippen molar-refractivity contribution in [2.45, 2.75) is 63.9 Å². The van der Waals surface area contributed by atoms with E-state index in [2.05, 4.69) is 15.0 Å². The third-order valence-corrected chi connectivity index (χ3v) is 6.16. The molecule has 0 saturated carbocycles. The van der Waals surface area contributed by atoms with Crippen LogP contribution in [0.25, 0.3) is 22.1 Å². The van der Waals surface area contributed by atoms with Crippen LogP contribution in [-0.2, 0) is 19.1 Å². The molecule has 0 aliphatic carbocycles. The molecule has 0 aliphatic rings. The minimum atomic E-state index is -5.25. The van der Waals surface area contributed by atoms with Crippen LogP contribution in [0.4, 0.5) is 13.2 Å². The summed E-state index contributed by atoms with van der Waals surface area (Å²) in [6.07, 6.45) is -2.33. The lowest BCUT2D eigenvalue weighted by molar-refractivity contribution is -0.211. The number of likely N-dealkylation sites (N-methyl/N-ethyl adjacent to an activating group) is 1. The fourth-order valence-electron chi connectivity index (χ4n) is 4.01. The number of ether oxygens (including phenoxy) is 1. The molecule has 0 saturated heterocycles. The number of benzene rings is 2. The van der Waals surface area contributed by atoms with E-state index in [0.717, 1.165) is 21.2 Å². The third kappa shape index (κ3) is 8.38. The van der Waals surface area contributed by atoms with Gasteiger partial charge in [-0.05, 0) is 43.8 Å². The number of halogens is 3. The Morgan fingerprint density at radius 3 is 2.44 bits per heavy atom. The Bertz CT molecular complexity index is 1290. The van der Waals surface area contributed by atoms with Crippen molar-refractivity contribution in [2.75, 3.05) is 14.1 Å². The summed E-state index contributed by atoms with van der Waals surface area (Å²) >= 11 is 0.